The van der Waals surface area contributed by atoms with E-state index in [0.717, 1.165) is 18.3 Å². The highest BCUT2D eigenvalue weighted by atomic mass is 19.1. The molecule has 1 aliphatic rings. The SMILES string of the molecule is CCCc1ccc(CCCCC2CCC(CCC=C(F)C#N)CC2)cc1. The fraction of sp³-hybridized carbons (Fsp3) is 0.625. The van der Waals surface area contributed by atoms with E-state index in [4.69, 9.17) is 5.26 Å². The lowest BCUT2D eigenvalue weighted by Crippen LogP contribution is -2.14. The Morgan fingerprint density at radius 1 is 1.00 bits per heavy atom. The van der Waals surface area contributed by atoms with Gasteiger partial charge in [-0.2, -0.15) is 9.65 Å². The van der Waals surface area contributed by atoms with E-state index in [1.165, 1.54) is 81.4 Å². The number of hydrogen-bond acceptors (Lipinski definition) is 1. The van der Waals surface area contributed by atoms with Crippen molar-refractivity contribution in [1.82, 2.24) is 0 Å². The average Bonchev–Trinajstić information content (AvgIpc) is 2.67. The molecule has 1 aliphatic carbocycles. The Morgan fingerprint density at radius 2 is 1.58 bits per heavy atom. The molecule has 0 aliphatic heterocycles. The number of benzene rings is 1. The van der Waals surface area contributed by atoms with Gasteiger partial charge < -0.3 is 0 Å². The largest absolute Gasteiger partial charge is 0.196 e. The van der Waals surface area contributed by atoms with Crippen LogP contribution < -0.4 is 0 Å². The zero-order chi connectivity index (χ0) is 18.6. The van der Waals surface area contributed by atoms with E-state index in [2.05, 4.69) is 31.2 Å². The molecule has 0 radical (unpaired) electrons. The average molecular weight is 356 g/mol. The van der Waals surface area contributed by atoms with Crippen LogP contribution in [0.5, 0.6) is 0 Å². The van der Waals surface area contributed by atoms with Crippen molar-refractivity contribution in [1.29, 1.82) is 5.26 Å². The van der Waals surface area contributed by atoms with Crippen molar-refractivity contribution >= 4 is 0 Å². The summed E-state index contributed by atoms with van der Waals surface area (Å²) in [4.78, 5) is 0. The highest BCUT2D eigenvalue weighted by molar-refractivity contribution is 5.22. The molecule has 2 heteroatoms. The highest BCUT2D eigenvalue weighted by Crippen LogP contribution is 2.34. The smallest absolute Gasteiger partial charge is 0.195 e. The van der Waals surface area contributed by atoms with Crippen LogP contribution in [-0.2, 0) is 12.8 Å². The van der Waals surface area contributed by atoms with Gasteiger partial charge in [-0.15, -0.1) is 0 Å². The quantitative estimate of drug-likeness (QED) is 0.319. The lowest BCUT2D eigenvalue weighted by molar-refractivity contribution is 0.250. The molecule has 0 spiro atoms. The van der Waals surface area contributed by atoms with Gasteiger partial charge in [0.05, 0.1) is 0 Å². The number of rotatable bonds is 10. The van der Waals surface area contributed by atoms with Crippen molar-refractivity contribution in [3.63, 3.8) is 0 Å². The molecule has 1 aromatic rings. The van der Waals surface area contributed by atoms with E-state index in [-0.39, 0.29) is 0 Å². The predicted octanol–water partition coefficient (Wildman–Crippen LogP) is 7.32. The van der Waals surface area contributed by atoms with E-state index in [0.29, 0.717) is 6.42 Å². The van der Waals surface area contributed by atoms with E-state index in [1.54, 1.807) is 6.07 Å². The van der Waals surface area contributed by atoms with Gasteiger partial charge in [0.2, 0.25) is 0 Å². The first kappa shape index (κ1) is 20.7. The second-order valence-corrected chi connectivity index (χ2v) is 7.94. The molecule has 0 aromatic heterocycles. The summed E-state index contributed by atoms with van der Waals surface area (Å²) in [5.41, 5.74) is 2.94. The third-order valence-electron chi connectivity index (χ3n) is 5.86. The van der Waals surface area contributed by atoms with Gasteiger partial charge in [0.1, 0.15) is 6.07 Å². The summed E-state index contributed by atoms with van der Waals surface area (Å²) in [6.07, 6.45) is 16.0. The summed E-state index contributed by atoms with van der Waals surface area (Å²) < 4.78 is 12.8. The van der Waals surface area contributed by atoms with Gasteiger partial charge in [-0.25, -0.2) is 0 Å². The molecule has 0 N–H and O–H groups in total. The van der Waals surface area contributed by atoms with E-state index >= 15 is 0 Å². The number of allylic oxidation sites excluding steroid dienone is 2. The standard InChI is InChI=1S/C24H34FN/c1-2-6-20-11-13-21(14-12-20)7-3-4-8-22-15-17-23(18-16-22)9-5-10-24(25)19-26/h10-14,22-23H,2-9,15-18H2,1H3. The number of nitrogens with zero attached hydrogens (tertiary/aromatic N) is 1. The van der Waals surface area contributed by atoms with E-state index in [1.807, 2.05) is 0 Å². The molecule has 0 saturated heterocycles. The normalized spacial score (nSPS) is 20.7. The van der Waals surface area contributed by atoms with Crippen LogP contribution in [-0.4, -0.2) is 0 Å². The van der Waals surface area contributed by atoms with Gasteiger partial charge in [0, 0.05) is 0 Å². The fourth-order valence-electron chi connectivity index (χ4n) is 4.22. The molecule has 142 valence electrons. The number of aryl methyl sites for hydroxylation is 2. The van der Waals surface area contributed by atoms with Gasteiger partial charge in [-0.05, 0) is 61.1 Å². The number of unbranched alkanes of at least 4 members (excludes halogenated alkanes) is 1. The number of nitriles is 1. The predicted molar refractivity (Wildman–Crippen MR) is 107 cm³/mol. The van der Waals surface area contributed by atoms with Crippen LogP contribution in [0.2, 0.25) is 0 Å². The van der Waals surface area contributed by atoms with Crippen LogP contribution in [0.15, 0.2) is 36.2 Å². The first-order valence-corrected chi connectivity index (χ1v) is 10.5. The minimum atomic E-state index is -0.626. The van der Waals surface area contributed by atoms with Crippen LogP contribution >= 0.6 is 0 Å². The third kappa shape index (κ3) is 7.73. The summed E-state index contributed by atoms with van der Waals surface area (Å²) in [6, 6.07) is 10.7. The van der Waals surface area contributed by atoms with Gasteiger partial charge >= 0.3 is 0 Å². The Balaban J connectivity index is 1.55. The summed E-state index contributed by atoms with van der Waals surface area (Å²) >= 11 is 0. The maximum absolute atomic E-state index is 12.8. The molecule has 0 atom stereocenters. The van der Waals surface area contributed by atoms with Gasteiger partial charge in [0.15, 0.2) is 5.83 Å². The second-order valence-electron chi connectivity index (χ2n) is 7.94. The Hall–Kier alpha value is -1.62. The summed E-state index contributed by atoms with van der Waals surface area (Å²) in [5.74, 6) is 0.999. The zero-order valence-electron chi connectivity index (χ0n) is 16.4. The monoisotopic (exact) mass is 355 g/mol. The lowest BCUT2D eigenvalue weighted by Gasteiger charge is -2.28. The molecular weight excluding hydrogens is 321 g/mol. The van der Waals surface area contributed by atoms with Crippen molar-refractivity contribution in [2.75, 3.05) is 0 Å². The maximum Gasteiger partial charge on any atom is 0.196 e. The third-order valence-corrected chi connectivity index (χ3v) is 5.86. The van der Waals surface area contributed by atoms with Crippen molar-refractivity contribution in [3.8, 4) is 6.07 Å². The Labute approximate surface area is 159 Å². The first-order chi connectivity index (χ1) is 12.7. The number of halogens is 1. The summed E-state index contributed by atoms with van der Waals surface area (Å²) in [6.45, 7) is 2.23. The zero-order valence-corrected chi connectivity index (χ0v) is 16.4. The van der Waals surface area contributed by atoms with Gasteiger partial charge in [0.25, 0.3) is 0 Å². The highest BCUT2D eigenvalue weighted by Gasteiger charge is 2.20. The molecule has 0 heterocycles. The molecule has 1 aromatic carbocycles. The molecule has 0 bridgehead atoms. The van der Waals surface area contributed by atoms with Crippen LogP contribution in [0, 0.1) is 23.2 Å². The molecule has 1 fully saturated rings. The van der Waals surface area contributed by atoms with Gasteiger partial charge in [-0.3, -0.25) is 0 Å². The van der Waals surface area contributed by atoms with Crippen molar-refractivity contribution in [3.05, 3.63) is 47.3 Å². The van der Waals surface area contributed by atoms with Crippen molar-refractivity contribution < 1.29 is 4.39 Å². The fourth-order valence-corrected chi connectivity index (χ4v) is 4.22. The topological polar surface area (TPSA) is 23.8 Å². The lowest BCUT2D eigenvalue weighted by atomic mass is 9.78. The second kappa shape index (κ2) is 11.9. The minimum Gasteiger partial charge on any atom is -0.195 e. The molecule has 0 unspecified atom stereocenters. The summed E-state index contributed by atoms with van der Waals surface area (Å²) in [7, 11) is 0. The Bertz CT molecular complexity index is 573. The van der Waals surface area contributed by atoms with Crippen molar-refractivity contribution in [2.45, 2.75) is 84.0 Å². The maximum atomic E-state index is 12.8. The first-order valence-electron chi connectivity index (χ1n) is 10.5. The number of hydrogen-bond donors (Lipinski definition) is 0. The van der Waals surface area contributed by atoms with Gasteiger partial charge in [-0.1, -0.05) is 76.1 Å². The van der Waals surface area contributed by atoms with E-state index < -0.39 is 5.83 Å². The molecule has 1 nitrogen and oxygen atoms in total. The molecule has 0 amide bonds. The molecule has 26 heavy (non-hydrogen) atoms. The Kier molecular flexibility index (Phi) is 9.46. The molecule has 2 rings (SSSR count). The minimum absolute atomic E-state index is 0.626. The van der Waals surface area contributed by atoms with Crippen LogP contribution in [0.3, 0.4) is 0 Å². The summed E-state index contributed by atoms with van der Waals surface area (Å²) in [5, 5.41) is 8.42. The molecular formula is C24H34FN. The van der Waals surface area contributed by atoms with Crippen LogP contribution in [0.4, 0.5) is 4.39 Å². The van der Waals surface area contributed by atoms with Crippen LogP contribution in [0.25, 0.3) is 0 Å². The van der Waals surface area contributed by atoms with Crippen molar-refractivity contribution in [2.24, 2.45) is 11.8 Å². The Morgan fingerprint density at radius 3 is 2.15 bits per heavy atom. The van der Waals surface area contributed by atoms with E-state index in [9.17, 15) is 4.39 Å². The van der Waals surface area contributed by atoms with Crippen LogP contribution in [0.1, 0.15) is 82.3 Å². The molecule has 1 saturated carbocycles.